The van der Waals surface area contributed by atoms with Gasteiger partial charge in [0, 0.05) is 25.2 Å². The summed E-state index contributed by atoms with van der Waals surface area (Å²) in [6, 6.07) is 1.06. The Morgan fingerprint density at radius 1 is 1.25 bits per heavy atom. The Bertz CT molecular complexity index is 1000. The van der Waals surface area contributed by atoms with E-state index in [1.165, 1.54) is 4.57 Å². The zero-order chi connectivity index (χ0) is 20.0. The molecule has 1 fully saturated rings. The highest BCUT2D eigenvalue weighted by atomic mass is 32.1. The van der Waals surface area contributed by atoms with E-state index in [4.69, 9.17) is 5.73 Å². The number of rotatable bonds is 4. The minimum Gasteiger partial charge on any atom is -0.340 e. The van der Waals surface area contributed by atoms with Crippen molar-refractivity contribution in [2.75, 3.05) is 18.0 Å². The van der Waals surface area contributed by atoms with Crippen LogP contribution in [-0.4, -0.2) is 45.1 Å². The van der Waals surface area contributed by atoms with Gasteiger partial charge in [-0.05, 0) is 6.42 Å². The molecule has 1 saturated heterocycles. The summed E-state index contributed by atoms with van der Waals surface area (Å²) in [4.78, 5) is 5.93. The fraction of sp³-hybridized carbons (Fsp3) is 0.438. The predicted molar refractivity (Wildman–Crippen MR) is 93.3 cm³/mol. The maximum Gasteiger partial charge on any atom is 0.291 e. The highest BCUT2D eigenvalue weighted by molar-refractivity contribution is 7.11. The van der Waals surface area contributed by atoms with Gasteiger partial charge in [0.15, 0.2) is 10.8 Å². The molecular weight excluding hydrogens is 403 g/mol. The Morgan fingerprint density at radius 3 is 2.71 bits per heavy atom. The summed E-state index contributed by atoms with van der Waals surface area (Å²) in [5, 5.41) is 6.94. The molecule has 4 rings (SSSR count). The number of benzene rings is 1. The molecule has 3 aromatic rings. The van der Waals surface area contributed by atoms with Gasteiger partial charge >= 0.3 is 0 Å². The first kappa shape index (κ1) is 19.0. The van der Waals surface area contributed by atoms with Crippen molar-refractivity contribution in [2.24, 2.45) is 5.73 Å². The Balaban J connectivity index is 1.79. The van der Waals surface area contributed by atoms with E-state index in [1.807, 2.05) is 0 Å². The first-order valence-electron chi connectivity index (χ1n) is 8.43. The summed E-state index contributed by atoms with van der Waals surface area (Å²) >= 11 is 0.701. The van der Waals surface area contributed by atoms with Crippen molar-refractivity contribution in [3.8, 4) is 0 Å². The van der Waals surface area contributed by atoms with Gasteiger partial charge in [0.05, 0.1) is 18.1 Å². The Morgan fingerprint density at radius 2 is 2.04 bits per heavy atom. The summed E-state index contributed by atoms with van der Waals surface area (Å²) in [5.41, 5.74) is 5.86. The van der Waals surface area contributed by atoms with Gasteiger partial charge in [0.1, 0.15) is 22.5 Å². The van der Waals surface area contributed by atoms with Crippen molar-refractivity contribution in [1.82, 2.24) is 19.7 Å². The molecule has 1 aliphatic rings. The first-order chi connectivity index (χ1) is 13.3. The highest BCUT2D eigenvalue weighted by Crippen LogP contribution is 2.30. The quantitative estimate of drug-likeness (QED) is 0.660. The normalized spacial score (nSPS) is 20.5. The average Bonchev–Trinajstić information content (AvgIpc) is 3.24. The monoisotopic (exact) mass is 418 g/mol. The number of nitrogens with zero attached hydrogens (tertiary/aromatic N) is 5. The van der Waals surface area contributed by atoms with Crippen molar-refractivity contribution in [2.45, 2.75) is 31.6 Å². The smallest absolute Gasteiger partial charge is 0.291 e. The minimum atomic E-state index is -2.76. The number of halogens is 5. The van der Waals surface area contributed by atoms with Crippen LogP contribution in [0, 0.1) is 11.6 Å². The SMILES string of the molecule is N[C@@H]1CN(c2nc3c(F)cc(F)cc3n2Cc2nnc(C(F)F)s2)CCC1F. The van der Waals surface area contributed by atoms with Gasteiger partial charge in [-0.3, -0.25) is 0 Å². The van der Waals surface area contributed by atoms with Crippen LogP contribution in [0.5, 0.6) is 0 Å². The number of alkyl halides is 3. The predicted octanol–water partition coefficient (Wildman–Crippen LogP) is 3.03. The second-order valence-corrected chi connectivity index (χ2v) is 7.60. The third-order valence-corrected chi connectivity index (χ3v) is 5.48. The van der Waals surface area contributed by atoms with Crippen LogP contribution in [0.4, 0.5) is 27.9 Å². The number of hydrogen-bond donors (Lipinski definition) is 1. The van der Waals surface area contributed by atoms with Crippen LogP contribution in [0.1, 0.15) is 22.9 Å². The maximum absolute atomic E-state index is 14.3. The van der Waals surface area contributed by atoms with Crippen LogP contribution in [0.15, 0.2) is 12.1 Å². The van der Waals surface area contributed by atoms with Crippen LogP contribution < -0.4 is 10.6 Å². The first-order valence-corrected chi connectivity index (χ1v) is 9.25. The molecule has 12 heteroatoms. The molecule has 2 aromatic heterocycles. The Kier molecular flexibility index (Phi) is 4.91. The molecule has 1 aromatic carbocycles. The molecule has 150 valence electrons. The highest BCUT2D eigenvalue weighted by Gasteiger charge is 2.30. The zero-order valence-electron chi connectivity index (χ0n) is 14.3. The van der Waals surface area contributed by atoms with Gasteiger partial charge in [0.2, 0.25) is 5.95 Å². The van der Waals surface area contributed by atoms with Crippen LogP contribution in [0.3, 0.4) is 0 Å². The third-order valence-electron chi connectivity index (χ3n) is 4.57. The standard InChI is InChI=1S/C16H15F5N6S/c17-7-3-9(19)13-11(4-7)27(6-12-24-25-15(28-12)14(20)21)16(23-13)26-2-1-8(18)10(22)5-26/h3-4,8,10,14H,1-2,5-6,22H2/t8?,10-/m1/s1. The number of nitrogens with two attached hydrogens (primary N) is 1. The molecule has 0 amide bonds. The summed E-state index contributed by atoms with van der Waals surface area (Å²) in [5.74, 6) is -1.41. The molecule has 1 aliphatic heterocycles. The van der Waals surface area contributed by atoms with E-state index in [-0.39, 0.29) is 48.0 Å². The van der Waals surface area contributed by atoms with Gasteiger partial charge in [-0.1, -0.05) is 11.3 Å². The lowest BCUT2D eigenvalue weighted by Gasteiger charge is -2.34. The van der Waals surface area contributed by atoms with Gasteiger partial charge in [0.25, 0.3) is 6.43 Å². The molecule has 0 bridgehead atoms. The van der Waals surface area contributed by atoms with Crippen molar-refractivity contribution in [1.29, 1.82) is 0 Å². The van der Waals surface area contributed by atoms with E-state index in [2.05, 4.69) is 15.2 Å². The summed E-state index contributed by atoms with van der Waals surface area (Å²) < 4.78 is 68.9. The van der Waals surface area contributed by atoms with Crippen molar-refractivity contribution in [3.63, 3.8) is 0 Å². The lowest BCUT2D eigenvalue weighted by molar-refractivity contribution is 0.150. The summed E-state index contributed by atoms with van der Waals surface area (Å²) in [6.45, 7) is 0.345. The lowest BCUT2D eigenvalue weighted by atomic mass is 10.1. The van der Waals surface area contributed by atoms with E-state index in [0.717, 1.165) is 6.07 Å². The number of imidazole rings is 1. The largest absolute Gasteiger partial charge is 0.340 e. The van der Waals surface area contributed by atoms with E-state index in [1.54, 1.807) is 4.90 Å². The maximum atomic E-state index is 14.3. The topological polar surface area (TPSA) is 72.9 Å². The van der Waals surface area contributed by atoms with Crippen LogP contribution in [0.2, 0.25) is 0 Å². The number of fused-ring (bicyclic) bond motifs is 1. The van der Waals surface area contributed by atoms with E-state index in [0.29, 0.717) is 17.4 Å². The van der Waals surface area contributed by atoms with E-state index in [9.17, 15) is 22.0 Å². The van der Waals surface area contributed by atoms with Gasteiger partial charge in [-0.25, -0.2) is 26.9 Å². The molecule has 0 aliphatic carbocycles. The molecule has 6 nitrogen and oxygen atoms in total. The minimum absolute atomic E-state index is 0.0656. The third kappa shape index (κ3) is 3.41. The van der Waals surface area contributed by atoms with E-state index < -0.39 is 35.3 Å². The van der Waals surface area contributed by atoms with Gasteiger partial charge < -0.3 is 15.2 Å². The molecule has 0 spiro atoms. The molecule has 1 unspecified atom stereocenters. The van der Waals surface area contributed by atoms with E-state index >= 15 is 0 Å². The number of anilines is 1. The summed E-state index contributed by atoms with van der Waals surface area (Å²) in [7, 11) is 0. The number of piperidine rings is 1. The van der Waals surface area contributed by atoms with Gasteiger partial charge in [-0.2, -0.15) is 0 Å². The number of aromatic nitrogens is 4. The van der Waals surface area contributed by atoms with Crippen molar-refractivity contribution >= 4 is 28.3 Å². The van der Waals surface area contributed by atoms with Crippen molar-refractivity contribution < 1.29 is 22.0 Å². The second-order valence-electron chi connectivity index (χ2n) is 6.50. The van der Waals surface area contributed by atoms with Crippen LogP contribution in [0.25, 0.3) is 11.0 Å². The summed E-state index contributed by atoms with van der Waals surface area (Å²) in [6.07, 6.45) is -3.77. The fourth-order valence-electron chi connectivity index (χ4n) is 3.22. The molecule has 28 heavy (non-hydrogen) atoms. The lowest BCUT2D eigenvalue weighted by Crippen LogP contribution is -2.50. The second kappa shape index (κ2) is 7.24. The molecule has 0 saturated carbocycles. The van der Waals surface area contributed by atoms with Crippen molar-refractivity contribution in [3.05, 3.63) is 33.8 Å². The Hall–Kier alpha value is -2.34. The molecular formula is C16H15F5N6S. The molecule has 3 heterocycles. The molecule has 0 radical (unpaired) electrons. The molecule has 2 atom stereocenters. The average molecular weight is 418 g/mol. The fourth-order valence-corrected chi connectivity index (χ4v) is 3.91. The van der Waals surface area contributed by atoms with Gasteiger partial charge in [-0.15, -0.1) is 10.2 Å². The van der Waals surface area contributed by atoms with Crippen LogP contribution in [-0.2, 0) is 6.54 Å². The Labute approximate surface area is 159 Å². The molecule has 2 N–H and O–H groups in total. The van der Waals surface area contributed by atoms with Crippen LogP contribution >= 0.6 is 11.3 Å². The zero-order valence-corrected chi connectivity index (χ0v) is 15.1. The number of hydrogen-bond acceptors (Lipinski definition) is 6.